The first-order valence-corrected chi connectivity index (χ1v) is 8.83. The molecule has 1 saturated heterocycles. The molecule has 2 saturated carbocycles. The van der Waals surface area contributed by atoms with E-state index in [2.05, 4.69) is 26.8 Å². The predicted octanol–water partition coefficient (Wildman–Crippen LogP) is 4.96. The Morgan fingerprint density at radius 1 is 1.10 bits per heavy atom. The van der Waals surface area contributed by atoms with E-state index in [1.807, 2.05) is 0 Å². The van der Waals surface area contributed by atoms with Crippen LogP contribution in [0.4, 0.5) is 0 Å². The largest absolute Gasteiger partial charge is 0.377 e. The quantitative estimate of drug-likeness (QED) is 0.567. The summed E-state index contributed by atoms with van der Waals surface area (Å²) < 4.78 is 6.27. The number of hydrogen-bond donors (Lipinski definition) is 0. The Labute approximate surface area is 124 Å². The summed E-state index contributed by atoms with van der Waals surface area (Å²) in [5, 5.41) is 0. The molecule has 0 amide bonds. The van der Waals surface area contributed by atoms with Crippen LogP contribution in [0.15, 0.2) is 11.6 Å². The molecular weight excluding hydrogens is 244 g/mol. The second kappa shape index (κ2) is 4.35. The summed E-state index contributed by atoms with van der Waals surface area (Å²) in [6.45, 7) is 8.52. The molecule has 0 aromatic carbocycles. The molecule has 20 heavy (non-hydrogen) atoms. The van der Waals surface area contributed by atoms with E-state index in [0.29, 0.717) is 16.9 Å². The fraction of sp³-hybridized carbons (Fsp3) is 0.895. The van der Waals surface area contributed by atoms with Gasteiger partial charge in [-0.1, -0.05) is 25.5 Å². The zero-order valence-electron chi connectivity index (χ0n) is 13.5. The molecule has 4 rings (SSSR count). The Hall–Kier alpha value is -0.300. The van der Waals surface area contributed by atoms with Crippen LogP contribution in [0.25, 0.3) is 0 Å². The maximum absolute atomic E-state index is 6.27. The van der Waals surface area contributed by atoms with Gasteiger partial charge in [0.05, 0.1) is 6.10 Å². The van der Waals surface area contributed by atoms with Crippen molar-refractivity contribution in [1.82, 2.24) is 0 Å². The summed E-state index contributed by atoms with van der Waals surface area (Å²) in [7, 11) is 0. The number of ether oxygens (including phenoxy) is 1. The van der Waals surface area contributed by atoms with Gasteiger partial charge in [-0.25, -0.2) is 0 Å². The van der Waals surface area contributed by atoms with E-state index < -0.39 is 0 Å². The van der Waals surface area contributed by atoms with Crippen molar-refractivity contribution in [3.05, 3.63) is 11.6 Å². The normalized spacial score (nSPS) is 54.6. The van der Waals surface area contributed by atoms with Gasteiger partial charge in [-0.05, 0) is 80.5 Å². The van der Waals surface area contributed by atoms with Gasteiger partial charge in [0, 0.05) is 6.61 Å². The summed E-state index contributed by atoms with van der Waals surface area (Å²) in [4.78, 5) is 0. The van der Waals surface area contributed by atoms with Gasteiger partial charge < -0.3 is 4.74 Å². The van der Waals surface area contributed by atoms with Crippen LogP contribution in [-0.4, -0.2) is 12.7 Å². The first-order valence-electron chi connectivity index (χ1n) is 8.83. The average molecular weight is 274 g/mol. The third kappa shape index (κ3) is 1.65. The lowest BCUT2D eigenvalue weighted by Crippen LogP contribution is -2.54. The number of rotatable bonds is 0. The van der Waals surface area contributed by atoms with Gasteiger partial charge in [0.15, 0.2) is 0 Å². The minimum absolute atomic E-state index is 0.504. The Balaban J connectivity index is 1.68. The standard InChI is InChI=1S/C19H30O/c1-13-5-4-9-19(3)15(13)7-6-14-16(19)8-10-18(2)11-12-20-17(14)18/h5,14-17H,4,6-12H2,1-3H3/t14-,15?,16+,17+,18-,19+/m1/s1. The molecule has 0 bridgehead atoms. The van der Waals surface area contributed by atoms with Crippen molar-refractivity contribution in [1.29, 1.82) is 0 Å². The fourth-order valence-electron chi connectivity index (χ4n) is 6.56. The second-order valence-electron chi connectivity index (χ2n) is 8.63. The molecule has 0 N–H and O–H groups in total. The lowest BCUT2D eigenvalue weighted by Gasteiger charge is -2.59. The minimum Gasteiger partial charge on any atom is -0.377 e. The fourth-order valence-corrected chi connectivity index (χ4v) is 6.56. The van der Waals surface area contributed by atoms with Crippen molar-refractivity contribution >= 4 is 0 Å². The maximum Gasteiger partial charge on any atom is 0.0660 e. The van der Waals surface area contributed by atoms with Crippen LogP contribution in [0.2, 0.25) is 0 Å². The molecule has 0 radical (unpaired) electrons. The van der Waals surface area contributed by atoms with Crippen molar-refractivity contribution in [2.45, 2.75) is 71.8 Å². The van der Waals surface area contributed by atoms with Crippen LogP contribution in [0.1, 0.15) is 65.7 Å². The molecule has 1 unspecified atom stereocenters. The first kappa shape index (κ1) is 13.4. The van der Waals surface area contributed by atoms with E-state index in [1.54, 1.807) is 5.57 Å². The van der Waals surface area contributed by atoms with E-state index in [0.717, 1.165) is 24.4 Å². The highest BCUT2D eigenvalue weighted by Gasteiger charge is 2.58. The van der Waals surface area contributed by atoms with Crippen LogP contribution < -0.4 is 0 Å². The molecule has 0 aromatic heterocycles. The summed E-state index contributed by atoms with van der Waals surface area (Å²) >= 11 is 0. The van der Waals surface area contributed by atoms with E-state index in [-0.39, 0.29) is 0 Å². The van der Waals surface area contributed by atoms with Crippen molar-refractivity contribution in [2.24, 2.45) is 28.6 Å². The average Bonchev–Trinajstić information content (AvgIpc) is 2.80. The summed E-state index contributed by atoms with van der Waals surface area (Å²) in [6, 6.07) is 0. The monoisotopic (exact) mass is 274 g/mol. The third-order valence-electron chi connectivity index (χ3n) is 7.72. The Bertz CT molecular complexity index is 439. The number of allylic oxidation sites excluding steroid dienone is 2. The van der Waals surface area contributed by atoms with E-state index in [1.165, 1.54) is 44.9 Å². The van der Waals surface area contributed by atoms with Crippen molar-refractivity contribution in [3.63, 3.8) is 0 Å². The molecule has 112 valence electrons. The molecule has 6 atom stereocenters. The molecule has 1 nitrogen and oxygen atoms in total. The Morgan fingerprint density at radius 2 is 1.95 bits per heavy atom. The van der Waals surface area contributed by atoms with Crippen molar-refractivity contribution in [2.75, 3.05) is 6.61 Å². The minimum atomic E-state index is 0.504. The van der Waals surface area contributed by atoms with E-state index in [4.69, 9.17) is 4.74 Å². The van der Waals surface area contributed by atoms with Crippen LogP contribution in [0, 0.1) is 28.6 Å². The van der Waals surface area contributed by atoms with Gasteiger partial charge in [-0.2, -0.15) is 0 Å². The predicted molar refractivity (Wildman–Crippen MR) is 82.5 cm³/mol. The number of hydrogen-bond acceptors (Lipinski definition) is 1. The zero-order chi connectivity index (χ0) is 14.0. The molecule has 1 heterocycles. The second-order valence-corrected chi connectivity index (χ2v) is 8.63. The molecular formula is C19H30O. The van der Waals surface area contributed by atoms with Gasteiger partial charge >= 0.3 is 0 Å². The summed E-state index contributed by atoms with van der Waals surface area (Å²) in [5.41, 5.74) is 2.76. The van der Waals surface area contributed by atoms with Gasteiger partial charge in [-0.15, -0.1) is 0 Å². The zero-order valence-corrected chi connectivity index (χ0v) is 13.5. The SMILES string of the molecule is CC1=CCC[C@@]2(C)C1CC[C@H]1[C@@H]3OCC[C@@]3(C)CC[C@@H]12. The molecule has 3 aliphatic carbocycles. The number of fused-ring (bicyclic) bond motifs is 5. The van der Waals surface area contributed by atoms with E-state index >= 15 is 0 Å². The van der Waals surface area contributed by atoms with Gasteiger partial charge in [0.2, 0.25) is 0 Å². The molecule has 3 fully saturated rings. The molecule has 0 aromatic rings. The highest BCUT2D eigenvalue weighted by Crippen LogP contribution is 2.63. The van der Waals surface area contributed by atoms with Crippen molar-refractivity contribution < 1.29 is 4.74 Å². The highest BCUT2D eigenvalue weighted by molar-refractivity contribution is 5.18. The van der Waals surface area contributed by atoms with Gasteiger partial charge in [0.25, 0.3) is 0 Å². The van der Waals surface area contributed by atoms with Crippen LogP contribution in [0.5, 0.6) is 0 Å². The first-order chi connectivity index (χ1) is 9.55. The molecule has 0 spiro atoms. The topological polar surface area (TPSA) is 9.23 Å². The molecule has 4 aliphatic rings. The lowest BCUT2D eigenvalue weighted by atomic mass is 9.47. The van der Waals surface area contributed by atoms with Gasteiger partial charge in [0.1, 0.15) is 0 Å². The van der Waals surface area contributed by atoms with Gasteiger partial charge in [-0.3, -0.25) is 0 Å². The third-order valence-corrected chi connectivity index (χ3v) is 7.72. The summed E-state index contributed by atoms with van der Waals surface area (Å²) in [6.07, 6.45) is 12.8. The van der Waals surface area contributed by atoms with E-state index in [9.17, 15) is 0 Å². The van der Waals surface area contributed by atoms with Crippen LogP contribution >= 0.6 is 0 Å². The maximum atomic E-state index is 6.27. The smallest absolute Gasteiger partial charge is 0.0660 e. The Morgan fingerprint density at radius 3 is 2.80 bits per heavy atom. The molecule has 1 heteroatoms. The van der Waals surface area contributed by atoms with Crippen molar-refractivity contribution in [3.8, 4) is 0 Å². The Kier molecular flexibility index (Phi) is 2.91. The van der Waals surface area contributed by atoms with Crippen LogP contribution in [0.3, 0.4) is 0 Å². The lowest BCUT2D eigenvalue weighted by molar-refractivity contribution is -0.120. The van der Waals surface area contributed by atoms with Crippen LogP contribution in [-0.2, 0) is 4.74 Å². The summed E-state index contributed by atoms with van der Waals surface area (Å²) in [5.74, 6) is 2.63. The molecule has 1 aliphatic heterocycles. The highest BCUT2D eigenvalue weighted by atomic mass is 16.5.